The maximum atomic E-state index is 11.5. The number of aromatic amines is 1. The molecule has 0 radical (unpaired) electrons. The number of hydrogen-bond donors (Lipinski definition) is 2. The number of nitrogens with one attached hydrogen (secondary N) is 1. The monoisotopic (exact) mass is 238 g/mol. The quantitative estimate of drug-likeness (QED) is 0.836. The Morgan fingerprint density at radius 1 is 1.44 bits per heavy atom. The van der Waals surface area contributed by atoms with Gasteiger partial charge in [-0.25, -0.2) is 0 Å². The number of benzene rings is 1. The van der Waals surface area contributed by atoms with E-state index in [1.807, 2.05) is 0 Å². The van der Waals surface area contributed by atoms with Crippen molar-refractivity contribution in [2.75, 3.05) is 7.11 Å². The molecule has 0 bridgehead atoms. The van der Waals surface area contributed by atoms with Crippen molar-refractivity contribution in [2.24, 2.45) is 5.73 Å². The summed E-state index contributed by atoms with van der Waals surface area (Å²) in [6, 6.07) is 5.17. The van der Waals surface area contributed by atoms with Gasteiger partial charge in [0, 0.05) is 23.6 Å². The molecule has 0 atom stereocenters. The molecule has 0 amide bonds. The lowest BCUT2D eigenvalue weighted by molar-refractivity contribution is 0.415. The van der Waals surface area contributed by atoms with Crippen LogP contribution in [0.3, 0.4) is 0 Å². The van der Waals surface area contributed by atoms with Gasteiger partial charge in [0.15, 0.2) is 0 Å². The number of aromatic nitrogens is 1. The Labute approximate surface area is 97.0 Å². The van der Waals surface area contributed by atoms with Crippen LogP contribution in [0.2, 0.25) is 5.02 Å². The summed E-state index contributed by atoms with van der Waals surface area (Å²) in [5.74, 6) is 0.533. The molecule has 2 aromatic rings. The third kappa shape index (κ3) is 1.77. The zero-order chi connectivity index (χ0) is 11.7. The Morgan fingerprint density at radius 3 is 2.81 bits per heavy atom. The van der Waals surface area contributed by atoms with Crippen LogP contribution >= 0.6 is 11.6 Å². The summed E-state index contributed by atoms with van der Waals surface area (Å²) in [5, 5.41) is 1.34. The fourth-order valence-electron chi connectivity index (χ4n) is 1.56. The number of ether oxygens (including phenoxy) is 1. The molecule has 84 valence electrons. The molecule has 4 nitrogen and oxygen atoms in total. The average Bonchev–Trinajstić information content (AvgIpc) is 2.28. The molecule has 0 unspecified atom stereocenters. The molecular formula is C11H11ClN2O2. The second-order valence-corrected chi connectivity index (χ2v) is 3.81. The topological polar surface area (TPSA) is 68.1 Å². The van der Waals surface area contributed by atoms with Crippen molar-refractivity contribution in [3.63, 3.8) is 0 Å². The highest BCUT2D eigenvalue weighted by Crippen LogP contribution is 2.28. The van der Waals surface area contributed by atoms with Crippen LogP contribution in [0.25, 0.3) is 10.9 Å². The molecule has 3 N–H and O–H groups in total. The molecule has 16 heavy (non-hydrogen) atoms. The van der Waals surface area contributed by atoms with Gasteiger partial charge in [-0.05, 0) is 12.1 Å². The second kappa shape index (κ2) is 4.15. The molecule has 0 spiro atoms. The molecule has 1 aromatic heterocycles. The fraction of sp³-hybridized carbons (Fsp3) is 0.182. The van der Waals surface area contributed by atoms with Crippen LogP contribution in [0.15, 0.2) is 23.0 Å². The highest BCUT2D eigenvalue weighted by Gasteiger charge is 2.06. The van der Waals surface area contributed by atoms with E-state index in [0.717, 1.165) is 5.39 Å². The highest BCUT2D eigenvalue weighted by molar-refractivity contribution is 6.32. The molecule has 1 heterocycles. The van der Waals surface area contributed by atoms with Gasteiger partial charge in [0.1, 0.15) is 5.75 Å². The number of fused-ring (bicyclic) bond motifs is 1. The van der Waals surface area contributed by atoms with Gasteiger partial charge in [-0.1, -0.05) is 11.6 Å². The maximum Gasteiger partial charge on any atom is 0.252 e. The van der Waals surface area contributed by atoms with Crippen molar-refractivity contribution in [1.29, 1.82) is 0 Å². The Kier molecular flexibility index (Phi) is 2.85. The number of pyridine rings is 1. The van der Waals surface area contributed by atoms with E-state index in [2.05, 4.69) is 4.98 Å². The standard InChI is InChI=1S/C11H11ClN2O2/c1-16-10-4-9-6(3-8(10)12)2-7(5-13)11(15)14-9/h2-4H,5,13H2,1H3,(H,14,15). The minimum atomic E-state index is -0.181. The Hall–Kier alpha value is -1.52. The molecule has 1 aromatic carbocycles. The van der Waals surface area contributed by atoms with E-state index in [-0.39, 0.29) is 12.1 Å². The summed E-state index contributed by atoms with van der Waals surface area (Å²) in [4.78, 5) is 14.3. The summed E-state index contributed by atoms with van der Waals surface area (Å²) >= 11 is 5.99. The lowest BCUT2D eigenvalue weighted by atomic mass is 10.1. The zero-order valence-corrected chi connectivity index (χ0v) is 9.47. The molecule has 0 aliphatic rings. The largest absolute Gasteiger partial charge is 0.495 e. The molecule has 5 heteroatoms. The summed E-state index contributed by atoms with van der Waals surface area (Å²) < 4.78 is 5.07. The fourth-order valence-corrected chi connectivity index (χ4v) is 1.81. The van der Waals surface area contributed by atoms with Gasteiger partial charge in [-0.15, -0.1) is 0 Å². The minimum Gasteiger partial charge on any atom is -0.495 e. The van der Waals surface area contributed by atoms with Gasteiger partial charge >= 0.3 is 0 Å². The Bertz CT molecular complexity index is 592. The Balaban J connectivity index is 2.76. The molecular weight excluding hydrogens is 228 g/mol. The van der Waals surface area contributed by atoms with E-state index < -0.39 is 0 Å². The molecule has 0 saturated carbocycles. The van der Waals surface area contributed by atoms with Crippen molar-refractivity contribution < 1.29 is 4.74 Å². The second-order valence-electron chi connectivity index (χ2n) is 3.40. The lowest BCUT2D eigenvalue weighted by Crippen LogP contribution is -2.15. The lowest BCUT2D eigenvalue weighted by Gasteiger charge is -2.06. The smallest absolute Gasteiger partial charge is 0.252 e. The van der Waals surface area contributed by atoms with E-state index in [1.165, 1.54) is 7.11 Å². The average molecular weight is 239 g/mol. The molecule has 0 aliphatic heterocycles. The predicted molar refractivity (Wildman–Crippen MR) is 64.0 cm³/mol. The number of rotatable bonds is 2. The van der Waals surface area contributed by atoms with E-state index in [4.69, 9.17) is 22.1 Å². The van der Waals surface area contributed by atoms with Crippen molar-refractivity contribution >= 4 is 22.5 Å². The van der Waals surface area contributed by atoms with Crippen LogP contribution in [0.1, 0.15) is 5.56 Å². The van der Waals surface area contributed by atoms with E-state index in [0.29, 0.717) is 21.9 Å². The van der Waals surface area contributed by atoms with Gasteiger partial charge in [0.2, 0.25) is 0 Å². The number of hydrogen-bond acceptors (Lipinski definition) is 3. The first-order chi connectivity index (χ1) is 7.65. The zero-order valence-electron chi connectivity index (χ0n) is 8.71. The number of nitrogens with two attached hydrogens (primary N) is 1. The van der Waals surface area contributed by atoms with Gasteiger partial charge in [0.05, 0.1) is 17.6 Å². The van der Waals surface area contributed by atoms with Gasteiger partial charge in [0.25, 0.3) is 5.56 Å². The predicted octanol–water partition coefficient (Wildman–Crippen LogP) is 1.65. The first-order valence-electron chi connectivity index (χ1n) is 4.75. The molecule has 0 aliphatic carbocycles. The first kappa shape index (κ1) is 11.0. The van der Waals surface area contributed by atoms with E-state index >= 15 is 0 Å². The molecule has 0 saturated heterocycles. The van der Waals surface area contributed by atoms with Gasteiger partial charge in [-0.2, -0.15) is 0 Å². The van der Waals surface area contributed by atoms with Crippen molar-refractivity contribution in [3.8, 4) is 5.75 Å². The van der Waals surface area contributed by atoms with Crippen LogP contribution in [-0.2, 0) is 6.54 Å². The van der Waals surface area contributed by atoms with Crippen molar-refractivity contribution in [1.82, 2.24) is 4.98 Å². The first-order valence-corrected chi connectivity index (χ1v) is 5.13. The van der Waals surface area contributed by atoms with Crippen LogP contribution in [0.4, 0.5) is 0 Å². The maximum absolute atomic E-state index is 11.5. The van der Waals surface area contributed by atoms with Crippen molar-refractivity contribution in [3.05, 3.63) is 39.1 Å². The summed E-state index contributed by atoms with van der Waals surface area (Å²) in [6.45, 7) is 0.203. The molecule has 2 rings (SSSR count). The Morgan fingerprint density at radius 2 is 2.19 bits per heavy atom. The van der Waals surface area contributed by atoms with E-state index in [1.54, 1.807) is 18.2 Å². The highest BCUT2D eigenvalue weighted by atomic mass is 35.5. The number of H-pyrrole nitrogens is 1. The SMILES string of the molecule is COc1cc2[nH]c(=O)c(CN)cc2cc1Cl. The number of halogens is 1. The third-order valence-electron chi connectivity index (χ3n) is 2.41. The van der Waals surface area contributed by atoms with Crippen LogP contribution in [0, 0.1) is 0 Å². The summed E-state index contributed by atoms with van der Waals surface area (Å²) in [6.07, 6.45) is 0. The third-order valence-corrected chi connectivity index (χ3v) is 2.71. The van der Waals surface area contributed by atoms with Crippen LogP contribution in [-0.4, -0.2) is 12.1 Å². The van der Waals surface area contributed by atoms with Gasteiger partial charge < -0.3 is 15.5 Å². The van der Waals surface area contributed by atoms with Gasteiger partial charge in [-0.3, -0.25) is 4.79 Å². The normalized spacial score (nSPS) is 10.7. The van der Waals surface area contributed by atoms with Crippen molar-refractivity contribution in [2.45, 2.75) is 6.54 Å². The van der Waals surface area contributed by atoms with Crippen LogP contribution < -0.4 is 16.0 Å². The molecule has 0 fully saturated rings. The summed E-state index contributed by atoms with van der Waals surface area (Å²) in [7, 11) is 1.53. The van der Waals surface area contributed by atoms with E-state index in [9.17, 15) is 4.79 Å². The summed E-state index contributed by atoms with van der Waals surface area (Å²) in [5.41, 5.74) is 6.50. The van der Waals surface area contributed by atoms with Crippen LogP contribution in [0.5, 0.6) is 5.75 Å². The number of methoxy groups -OCH3 is 1. The minimum absolute atomic E-state index is 0.181.